The topological polar surface area (TPSA) is 75.3 Å². The van der Waals surface area contributed by atoms with Crippen molar-refractivity contribution in [2.75, 3.05) is 18.8 Å². The van der Waals surface area contributed by atoms with Crippen molar-refractivity contribution >= 4 is 15.7 Å². The summed E-state index contributed by atoms with van der Waals surface area (Å²) in [5.41, 5.74) is 0. The molecule has 1 amide bonds. The number of hydrogen-bond acceptors (Lipinski definition) is 4. The van der Waals surface area contributed by atoms with Gasteiger partial charge in [0.2, 0.25) is 5.91 Å². The zero-order valence-electron chi connectivity index (χ0n) is 8.69. The molecule has 15 heavy (non-hydrogen) atoms. The highest BCUT2D eigenvalue weighted by atomic mass is 32.2. The largest absolute Gasteiger partial charge is 0.356 e. The Morgan fingerprint density at radius 2 is 2.27 bits per heavy atom. The first kappa shape index (κ1) is 12.2. The van der Waals surface area contributed by atoms with Gasteiger partial charge in [0.25, 0.3) is 0 Å². The van der Waals surface area contributed by atoms with Gasteiger partial charge in [-0.05, 0) is 6.92 Å². The van der Waals surface area contributed by atoms with E-state index in [1.807, 2.05) is 6.92 Å². The van der Waals surface area contributed by atoms with Crippen LogP contribution in [0.2, 0.25) is 0 Å². The summed E-state index contributed by atoms with van der Waals surface area (Å²) in [7, 11) is -3.00. The summed E-state index contributed by atoms with van der Waals surface area (Å²) < 4.78 is 22.1. The van der Waals surface area contributed by atoms with E-state index in [1.165, 1.54) is 5.41 Å². The van der Waals surface area contributed by atoms with Gasteiger partial charge < -0.3 is 10.6 Å². The fourth-order valence-corrected chi connectivity index (χ4v) is 2.63. The van der Waals surface area contributed by atoms with Crippen molar-refractivity contribution in [3.05, 3.63) is 11.5 Å². The Hall–Kier alpha value is -0.880. The van der Waals surface area contributed by atoms with Gasteiger partial charge >= 0.3 is 0 Å². The van der Waals surface area contributed by atoms with Crippen molar-refractivity contribution < 1.29 is 13.2 Å². The number of sulfone groups is 1. The Morgan fingerprint density at radius 1 is 1.53 bits per heavy atom. The van der Waals surface area contributed by atoms with Gasteiger partial charge in [0.1, 0.15) is 0 Å². The third-order valence-corrected chi connectivity index (χ3v) is 3.46. The minimum Gasteiger partial charge on any atom is -0.356 e. The zero-order chi connectivity index (χ0) is 11.3. The smallest absolute Gasteiger partial charge is 0.221 e. The van der Waals surface area contributed by atoms with Gasteiger partial charge in [-0.15, -0.1) is 0 Å². The molecule has 1 aliphatic heterocycles. The molecule has 0 saturated heterocycles. The fourth-order valence-electron chi connectivity index (χ4n) is 1.36. The van der Waals surface area contributed by atoms with Gasteiger partial charge in [0, 0.05) is 31.0 Å². The zero-order valence-corrected chi connectivity index (χ0v) is 9.51. The summed E-state index contributed by atoms with van der Waals surface area (Å²) in [5.74, 6) is 0.0809. The molecule has 0 aromatic carbocycles. The molecule has 5 nitrogen and oxygen atoms in total. The average Bonchev–Trinajstić information content (AvgIpc) is 2.46. The summed E-state index contributed by atoms with van der Waals surface area (Å²) >= 11 is 0. The Kier molecular flexibility index (Phi) is 4.28. The van der Waals surface area contributed by atoms with Crippen molar-refractivity contribution in [1.82, 2.24) is 10.6 Å². The summed E-state index contributed by atoms with van der Waals surface area (Å²) in [4.78, 5) is 11.1. The van der Waals surface area contributed by atoms with Gasteiger partial charge in [-0.25, -0.2) is 8.42 Å². The third-order valence-electron chi connectivity index (χ3n) is 2.06. The fraction of sp³-hybridized carbons (Fsp3) is 0.667. The van der Waals surface area contributed by atoms with Gasteiger partial charge in [0.15, 0.2) is 9.84 Å². The van der Waals surface area contributed by atoms with Crippen LogP contribution in [0.25, 0.3) is 0 Å². The van der Waals surface area contributed by atoms with E-state index in [9.17, 15) is 13.2 Å². The average molecular weight is 232 g/mol. The molecule has 0 fully saturated rings. The molecule has 1 rings (SSSR count). The second kappa shape index (κ2) is 5.27. The number of carbonyl (C=O) groups excluding carboxylic acids is 1. The monoisotopic (exact) mass is 232 g/mol. The Bertz CT molecular complexity index is 348. The van der Waals surface area contributed by atoms with Crippen LogP contribution in [0.1, 0.15) is 13.3 Å². The Balaban J connectivity index is 2.18. The quantitative estimate of drug-likeness (QED) is 0.664. The molecule has 0 saturated carbocycles. The Morgan fingerprint density at radius 3 is 2.80 bits per heavy atom. The lowest BCUT2D eigenvalue weighted by Gasteiger charge is -2.09. The van der Waals surface area contributed by atoms with Crippen LogP contribution >= 0.6 is 0 Å². The van der Waals surface area contributed by atoms with Crippen LogP contribution in [0.3, 0.4) is 0 Å². The highest BCUT2D eigenvalue weighted by Crippen LogP contribution is 2.07. The number of rotatable bonds is 5. The highest BCUT2D eigenvalue weighted by Gasteiger charge is 2.20. The first-order valence-electron chi connectivity index (χ1n) is 4.94. The molecule has 0 aliphatic carbocycles. The van der Waals surface area contributed by atoms with Crippen molar-refractivity contribution in [3.63, 3.8) is 0 Å². The van der Waals surface area contributed by atoms with E-state index in [2.05, 4.69) is 10.6 Å². The second-order valence-corrected chi connectivity index (χ2v) is 5.35. The van der Waals surface area contributed by atoms with Crippen LogP contribution in [-0.4, -0.2) is 39.2 Å². The number of nitrogens with one attached hydrogen (secondary N) is 2. The molecule has 1 heterocycles. The van der Waals surface area contributed by atoms with Crippen LogP contribution in [0.15, 0.2) is 11.5 Å². The van der Waals surface area contributed by atoms with Gasteiger partial charge in [-0.3, -0.25) is 4.79 Å². The van der Waals surface area contributed by atoms with Crippen LogP contribution in [0.4, 0.5) is 0 Å². The summed E-state index contributed by atoms with van der Waals surface area (Å²) in [6, 6.07) is -0.149. The molecule has 0 radical (unpaired) electrons. The minimum atomic E-state index is -3.00. The summed E-state index contributed by atoms with van der Waals surface area (Å²) in [6.07, 6.45) is 1.99. The van der Waals surface area contributed by atoms with Gasteiger partial charge in [0.05, 0.1) is 5.75 Å². The van der Waals surface area contributed by atoms with E-state index >= 15 is 0 Å². The molecule has 2 N–H and O–H groups in total. The molecule has 1 unspecified atom stereocenters. The van der Waals surface area contributed by atoms with Gasteiger partial charge in [-0.1, -0.05) is 6.08 Å². The van der Waals surface area contributed by atoms with Gasteiger partial charge in [-0.2, -0.15) is 0 Å². The van der Waals surface area contributed by atoms with Crippen LogP contribution in [0.5, 0.6) is 0 Å². The van der Waals surface area contributed by atoms with E-state index in [4.69, 9.17) is 0 Å². The molecule has 0 aromatic heterocycles. The molecule has 1 atom stereocenters. The normalized spacial score (nSPS) is 22.9. The minimum absolute atomic E-state index is 0.0187. The van der Waals surface area contributed by atoms with Crippen molar-refractivity contribution in [1.29, 1.82) is 0 Å². The molecule has 1 aliphatic rings. The lowest BCUT2D eigenvalue weighted by Crippen LogP contribution is -2.34. The van der Waals surface area contributed by atoms with Crippen molar-refractivity contribution in [2.45, 2.75) is 19.4 Å². The van der Waals surface area contributed by atoms with E-state index in [0.717, 1.165) is 0 Å². The molecule has 0 bridgehead atoms. The van der Waals surface area contributed by atoms with E-state index < -0.39 is 9.84 Å². The Labute approximate surface area is 89.8 Å². The molecular weight excluding hydrogens is 216 g/mol. The van der Waals surface area contributed by atoms with Crippen LogP contribution in [0, 0.1) is 0 Å². The van der Waals surface area contributed by atoms with Crippen molar-refractivity contribution in [2.24, 2.45) is 0 Å². The lowest BCUT2D eigenvalue weighted by atomic mass is 10.3. The first-order chi connectivity index (χ1) is 7.03. The number of amides is 1. The van der Waals surface area contributed by atoms with E-state index in [0.29, 0.717) is 19.5 Å². The van der Waals surface area contributed by atoms with Crippen LogP contribution < -0.4 is 10.6 Å². The molecule has 6 heteroatoms. The summed E-state index contributed by atoms with van der Waals surface area (Å²) in [5, 5.41) is 6.89. The van der Waals surface area contributed by atoms with Crippen molar-refractivity contribution in [3.8, 4) is 0 Å². The van der Waals surface area contributed by atoms with E-state index in [-0.39, 0.29) is 17.7 Å². The molecular formula is C9H16N2O3S. The number of carbonyl (C=O) groups is 1. The predicted molar refractivity (Wildman–Crippen MR) is 58.0 cm³/mol. The summed E-state index contributed by atoms with van der Waals surface area (Å²) in [6.45, 7) is 2.98. The standard InChI is InChI=1S/C9H16N2O3S/c1-2-10-9(12)3-5-11-8-4-6-15(13,14)7-8/h4,6,8,11H,2-3,5,7H2,1H3,(H,10,12). The SMILES string of the molecule is CCNC(=O)CCNC1C=CS(=O)(=O)C1. The maximum atomic E-state index is 11.1. The first-order valence-corrected chi connectivity index (χ1v) is 6.66. The van der Waals surface area contributed by atoms with Crippen LogP contribution in [-0.2, 0) is 14.6 Å². The maximum absolute atomic E-state index is 11.1. The maximum Gasteiger partial charge on any atom is 0.221 e. The van der Waals surface area contributed by atoms with E-state index in [1.54, 1.807) is 6.08 Å². The molecule has 0 spiro atoms. The predicted octanol–water partition coefficient (Wildman–Crippen LogP) is -0.587. The lowest BCUT2D eigenvalue weighted by molar-refractivity contribution is -0.120. The third kappa shape index (κ3) is 4.44. The molecule has 86 valence electrons. The number of hydrogen-bond donors (Lipinski definition) is 2. The molecule has 0 aromatic rings. The highest BCUT2D eigenvalue weighted by molar-refractivity contribution is 7.94. The second-order valence-electron chi connectivity index (χ2n) is 3.42.